The lowest BCUT2D eigenvalue weighted by atomic mass is 10.2. The van der Waals surface area contributed by atoms with Gasteiger partial charge in [0.15, 0.2) is 10.2 Å². The van der Waals surface area contributed by atoms with Crippen LogP contribution in [0, 0.1) is 0 Å². The van der Waals surface area contributed by atoms with Crippen LogP contribution in [0.25, 0.3) is 11.3 Å². The third kappa shape index (κ3) is 5.25. The number of methoxy groups -OCH3 is 1. The Morgan fingerprint density at radius 2 is 2.25 bits per heavy atom. The number of hydrogen-bond donors (Lipinski definition) is 2. The first-order valence-corrected chi connectivity index (χ1v) is 9.51. The molecule has 0 fully saturated rings. The molecule has 0 bridgehead atoms. The summed E-state index contributed by atoms with van der Waals surface area (Å²) in [5.74, 6) is 0.688. The van der Waals surface area contributed by atoms with Crippen LogP contribution in [0.3, 0.4) is 0 Å². The first-order chi connectivity index (χ1) is 11.5. The van der Waals surface area contributed by atoms with Crippen molar-refractivity contribution < 1.29 is 9.53 Å². The van der Waals surface area contributed by atoms with Crippen molar-refractivity contribution in [1.82, 2.24) is 10.3 Å². The fraction of sp³-hybridized carbons (Fsp3) is 0.312. The number of thiazole rings is 1. The van der Waals surface area contributed by atoms with Crippen molar-refractivity contribution in [3.8, 4) is 17.0 Å². The molecule has 0 saturated heterocycles. The molecule has 128 valence electrons. The van der Waals surface area contributed by atoms with E-state index in [0.717, 1.165) is 34.3 Å². The zero-order valence-corrected chi connectivity index (χ0v) is 16.6. The molecule has 0 spiro atoms. The van der Waals surface area contributed by atoms with Crippen molar-refractivity contribution in [1.29, 1.82) is 0 Å². The molecular weight excluding hydrogens is 410 g/mol. The van der Waals surface area contributed by atoms with Crippen LogP contribution in [0.5, 0.6) is 5.75 Å². The average molecular weight is 428 g/mol. The van der Waals surface area contributed by atoms with Crippen LogP contribution in [0.2, 0.25) is 0 Å². The fourth-order valence-electron chi connectivity index (χ4n) is 1.94. The molecule has 0 unspecified atom stereocenters. The number of rotatable bonds is 6. The standard InChI is InChI=1S/C16H18BrN3O2S2/c1-3-4-5-14(21)19-15(23)20-16-18-12(9-24-16)10-6-7-13(22-2)11(17)8-10/h6-9H,3-5H2,1-2H3,(H2,18,19,20,21,23). The molecule has 0 aliphatic rings. The highest BCUT2D eigenvalue weighted by atomic mass is 79.9. The predicted molar refractivity (Wildman–Crippen MR) is 106 cm³/mol. The van der Waals surface area contributed by atoms with Gasteiger partial charge in [-0.1, -0.05) is 13.3 Å². The van der Waals surface area contributed by atoms with Gasteiger partial charge in [-0.05, 0) is 52.8 Å². The summed E-state index contributed by atoms with van der Waals surface area (Å²) in [4.78, 5) is 16.1. The highest BCUT2D eigenvalue weighted by Gasteiger charge is 2.10. The van der Waals surface area contributed by atoms with Gasteiger partial charge in [-0.25, -0.2) is 4.98 Å². The Labute approximate surface area is 159 Å². The number of unbranched alkanes of at least 4 members (excludes halogenated alkanes) is 1. The molecule has 0 radical (unpaired) electrons. The minimum atomic E-state index is -0.0785. The van der Waals surface area contributed by atoms with E-state index in [1.807, 2.05) is 30.5 Å². The molecule has 5 nitrogen and oxygen atoms in total. The van der Waals surface area contributed by atoms with Gasteiger partial charge in [-0.15, -0.1) is 11.3 Å². The van der Waals surface area contributed by atoms with Gasteiger partial charge in [0.1, 0.15) is 5.75 Å². The van der Waals surface area contributed by atoms with E-state index < -0.39 is 0 Å². The topological polar surface area (TPSA) is 63.2 Å². The second-order valence-electron chi connectivity index (χ2n) is 4.99. The van der Waals surface area contributed by atoms with Gasteiger partial charge < -0.3 is 15.4 Å². The van der Waals surface area contributed by atoms with Crippen molar-refractivity contribution in [2.45, 2.75) is 26.2 Å². The lowest BCUT2D eigenvalue weighted by Crippen LogP contribution is -2.33. The molecule has 1 aromatic heterocycles. The molecule has 2 N–H and O–H groups in total. The van der Waals surface area contributed by atoms with E-state index in [1.54, 1.807) is 7.11 Å². The van der Waals surface area contributed by atoms with Crippen LogP contribution in [-0.4, -0.2) is 23.1 Å². The predicted octanol–water partition coefficient (Wildman–Crippen LogP) is 4.58. The highest BCUT2D eigenvalue weighted by Crippen LogP contribution is 2.31. The summed E-state index contributed by atoms with van der Waals surface area (Å²) in [5.41, 5.74) is 1.79. The van der Waals surface area contributed by atoms with Crippen molar-refractivity contribution in [2.75, 3.05) is 12.4 Å². The summed E-state index contributed by atoms with van der Waals surface area (Å²) in [7, 11) is 1.63. The molecule has 1 amide bonds. The number of aromatic nitrogens is 1. The monoisotopic (exact) mass is 427 g/mol. The average Bonchev–Trinajstić information content (AvgIpc) is 3.01. The second-order valence-corrected chi connectivity index (χ2v) is 7.11. The van der Waals surface area contributed by atoms with Gasteiger partial charge in [0.2, 0.25) is 5.91 Å². The van der Waals surface area contributed by atoms with E-state index in [0.29, 0.717) is 11.6 Å². The van der Waals surface area contributed by atoms with Crippen molar-refractivity contribution in [3.63, 3.8) is 0 Å². The van der Waals surface area contributed by atoms with Crippen molar-refractivity contribution >= 4 is 55.6 Å². The number of halogens is 1. The number of thiocarbonyl (C=S) groups is 1. The Bertz CT molecular complexity index is 734. The quantitative estimate of drug-likeness (QED) is 0.660. The first-order valence-electron chi connectivity index (χ1n) is 7.43. The Hall–Kier alpha value is -1.51. The molecule has 2 rings (SSSR count). The largest absolute Gasteiger partial charge is 0.496 e. The van der Waals surface area contributed by atoms with E-state index in [9.17, 15) is 4.79 Å². The third-order valence-corrected chi connectivity index (χ3v) is 4.76. The summed E-state index contributed by atoms with van der Waals surface area (Å²) in [6.45, 7) is 2.04. The minimum Gasteiger partial charge on any atom is -0.496 e. The number of ether oxygens (including phenoxy) is 1. The molecule has 0 saturated carbocycles. The van der Waals surface area contributed by atoms with Crippen LogP contribution in [0.4, 0.5) is 5.13 Å². The van der Waals surface area contributed by atoms with Gasteiger partial charge in [0.25, 0.3) is 0 Å². The molecular formula is C16H18BrN3O2S2. The van der Waals surface area contributed by atoms with Gasteiger partial charge in [-0.2, -0.15) is 0 Å². The number of nitrogens with one attached hydrogen (secondary N) is 2. The fourth-order valence-corrected chi connectivity index (χ4v) is 3.48. The van der Waals surface area contributed by atoms with Gasteiger partial charge in [0, 0.05) is 17.4 Å². The number of carbonyl (C=O) groups is 1. The summed E-state index contributed by atoms with van der Waals surface area (Å²) in [6.07, 6.45) is 2.30. The Kier molecular flexibility index (Phi) is 7.14. The Morgan fingerprint density at radius 1 is 1.46 bits per heavy atom. The van der Waals surface area contributed by atoms with E-state index in [-0.39, 0.29) is 11.0 Å². The third-order valence-electron chi connectivity index (χ3n) is 3.18. The van der Waals surface area contributed by atoms with Crippen LogP contribution in [-0.2, 0) is 4.79 Å². The summed E-state index contributed by atoms with van der Waals surface area (Å²) >= 11 is 10.0. The first kappa shape index (κ1) is 18.8. The number of nitrogens with zero attached hydrogens (tertiary/aromatic N) is 1. The maximum Gasteiger partial charge on any atom is 0.226 e. The van der Waals surface area contributed by atoms with Crippen molar-refractivity contribution in [3.05, 3.63) is 28.1 Å². The van der Waals surface area contributed by atoms with Crippen LogP contribution in [0.15, 0.2) is 28.1 Å². The van der Waals surface area contributed by atoms with E-state index >= 15 is 0 Å². The Morgan fingerprint density at radius 3 is 2.92 bits per heavy atom. The summed E-state index contributed by atoms with van der Waals surface area (Å²) in [6, 6.07) is 5.76. The molecule has 2 aromatic rings. The second kappa shape index (κ2) is 9.10. The smallest absolute Gasteiger partial charge is 0.226 e. The van der Waals surface area contributed by atoms with Crippen LogP contribution >= 0.6 is 39.5 Å². The highest BCUT2D eigenvalue weighted by molar-refractivity contribution is 9.10. The lowest BCUT2D eigenvalue weighted by molar-refractivity contribution is -0.119. The summed E-state index contributed by atoms with van der Waals surface area (Å²) < 4.78 is 6.09. The number of carbonyl (C=O) groups excluding carboxylic acids is 1. The molecule has 8 heteroatoms. The molecule has 0 aliphatic heterocycles. The number of anilines is 1. The van der Waals surface area contributed by atoms with Crippen molar-refractivity contribution in [2.24, 2.45) is 0 Å². The zero-order valence-electron chi connectivity index (χ0n) is 13.4. The van der Waals surface area contributed by atoms with Gasteiger partial charge in [0.05, 0.1) is 17.3 Å². The van der Waals surface area contributed by atoms with Crippen LogP contribution in [0.1, 0.15) is 26.2 Å². The SMILES string of the molecule is CCCCC(=O)NC(=S)Nc1nc(-c2ccc(OC)c(Br)c2)cs1. The molecule has 24 heavy (non-hydrogen) atoms. The molecule has 0 aliphatic carbocycles. The van der Waals surface area contributed by atoms with Crippen LogP contribution < -0.4 is 15.4 Å². The van der Waals surface area contributed by atoms with E-state index in [4.69, 9.17) is 17.0 Å². The zero-order chi connectivity index (χ0) is 17.5. The molecule has 1 aromatic carbocycles. The maximum absolute atomic E-state index is 11.7. The van der Waals surface area contributed by atoms with E-state index in [1.165, 1.54) is 11.3 Å². The normalized spacial score (nSPS) is 10.3. The molecule has 0 atom stereocenters. The van der Waals surface area contributed by atoms with E-state index in [2.05, 4.69) is 31.5 Å². The van der Waals surface area contributed by atoms with Gasteiger partial charge >= 0.3 is 0 Å². The lowest BCUT2D eigenvalue weighted by Gasteiger charge is -2.06. The number of benzene rings is 1. The summed E-state index contributed by atoms with van der Waals surface area (Å²) in [5, 5.41) is 8.44. The maximum atomic E-state index is 11.7. The molecule has 1 heterocycles. The Balaban J connectivity index is 1.99. The number of hydrogen-bond acceptors (Lipinski definition) is 5. The van der Waals surface area contributed by atoms with Gasteiger partial charge in [-0.3, -0.25) is 4.79 Å². The number of amides is 1. The minimum absolute atomic E-state index is 0.0785.